The number of carbonyl (C=O) groups is 3. The van der Waals surface area contributed by atoms with E-state index in [1.54, 1.807) is 12.1 Å². The van der Waals surface area contributed by atoms with E-state index in [0.717, 1.165) is 0 Å². The number of likely N-dealkylation sites (tertiary alicyclic amines) is 1. The normalized spacial score (nSPS) is 20.8. The molecule has 1 aromatic rings. The fourth-order valence-corrected chi connectivity index (χ4v) is 3.68. The lowest BCUT2D eigenvalue weighted by atomic mass is 9.85. The lowest BCUT2D eigenvalue weighted by Gasteiger charge is -2.16. The summed E-state index contributed by atoms with van der Waals surface area (Å²) in [6.45, 7) is 0.0704. The Kier molecular flexibility index (Phi) is 5.87. The second-order valence-electron chi connectivity index (χ2n) is 6.70. The summed E-state index contributed by atoms with van der Waals surface area (Å²) < 4.78 is 15.8. The van der Waals surface area contributed by atoms with Gasteiger partial charge in [-0.2, -0.15) is 0 Å². The van der Waals surface area contributed by atoms with Gasteiger partial charge in [-0.1, -0.05) is 12.2 Å². The van der Waals surface area contributed by atoms with Crippen molar-refractivity contribution in [3.8, 4) is 17.2 Å². The highest BCUT2D eigenvalue weighted by molar-refractivity contribution is 6.05. The third-order valence-corrected chi connectivity index (χ3v) is 5.11. The number of methoxy groups -OCH3 is 3. The van der Waals surface area contributed by atoms with Crippen molar-refractivity contribution in [1.82, 2.24) is 4.90 Å². The summed E-state index contributed by atoms with van der Waals surface area (Å²) in [6, 6.07) is 3.23. The Bertz CT molecular complexity index is 768. The molecule has 2 aliphatic rings. The zero-order valence-electron chi connectivity index (χ0n) is 16.2. The highest BCUT2D eigenvalue weighted by Crippen LogP contribution is 2.40. The zero-order chi connectivity index (χ0) is 20.3. The Labute approximate surface area is 163 Å². The van der Waals surface area contributed by atoms with E-state index in [4.69, 9.17) is 14.2 Å². The van der Waals surface area contributed by atoms with Crippen LogP contribution in [0.2, 0.25) is 0 Å². The van der Waals surface area contributed by atoms with Crippen LogP contribution in [0, 0.1) is 11.8 Å². The maximum atomic E-state index is 12.5. The molecular weight excluding hydrogens is 364 g/mol. The van der Waals surface area contributed by atoms with Crippen LogP contribution in [0.25, 0.3) is 0 Å². The molecule has 1 aromatic carbocycles. The van der Waals surface area contributed by atoms with Crippen LogP contribution in [-0.2, 0) is 14.4 Å². The number of nitrogens with zero attached hydrogens (tertiary/aromatic N) is 1. The van der Waals surface area contributed by atoms with Gasteiger partial charge in [0.15, 0.2) is 11.5 Å². The Morgan fingerprint density at radius 1 is 1.00 bits per heavy atom. The molecule has 0 aromatic heterocycles. The lowest BCUT2D eigenvalue weighted by molar-refractivity contribution is -0.140. The third kappa shape index (κ3) is 3.67. The largest absolute Gasteiger partial charge is 0.493 e. The number of hydrogen-bond donors (Lipinski definition) is 1. The van der Waals surface area contributed by atoms with Crippen molar-refractivity contribution in [3.63, 3.8) is 0 Å². The number of carbonyl (C=O) groups excluding carboxylic acids is 3. The van der Waals surface area contributed by atoms with Crippen molar-refractivity contribution in [2.45, 2.75) is 19.3 Å². The summed E-state index contributed by atoms with van der Waals surface area (Å²) in [7, 11) is 4.47. The summed E-state index contributed by atoms with van der Waals surface area (Å²) in [6.07, 6.45) is 5.06. The van der Waals surface area contributed by atoms with Gasteiger partial charge in [0.05, 0.1) is 33.2 Å². The first-order valence-electron chi connectivity index (χ1n) is 9.10. The van der Waals surface area contributed by atoms with Gasteiger partial charge in [-0.25, -0.2) is 0 Å². The second-order valence-corrected chi connectivity index (χ2v) is 6.70. The SMILES string of the molecule is COc1cc(NC(=O)CCN2C(=O)[C@H]3CC=CC[C@H]3C2=O)cc(OC)c1OC. The molecule has 1 aliphatic carbocycles. The van der Waals surface area contributed by atoms with Gasteiger partial charge in [0.2, 0.25) is 23.5 Å². The van der Waals surface area contributed by atoms with Crippen molar-refractivity contribution in [2.75, 3.05) is 33.2 Å². The number of amides is 3. The molecule has 8 heteroatoms. The number of benzene rings is 1. The maximum Gasteiger partial charge on any atom is 0.233 e. The molecular formula is C20H24N2O6. The first-order valence-corrected chi connectivity index (χ1v) is 9.10. The molecule has 1 heterocycles. The Balaban J connectivity index is 1.63. The Morgan fingerprint density at radius 3 is 2.00 bits per heavy atom. The molecule has 1 aliphatic heterocycles. The van der Waals surface area contributed by atoms with E-state index in [0.29, 0.717) is 35.8 Å². The van der Waals surface area contributed by atoms with Gasteiger partial charge >= 0.3 is 0 Å². The highest BCUT2D eigenvalue weighted by Gasteiger charge is 2.46. The number of nitrogens with one attached hydrogen (secondary N) is 1. The molecule has 28 heavy (non-hydrogen) atoms. The minimum absolute atomic E-state index is 0.0149. The van der Waals surface area contributed by atoms with Crippen LogP contribution in [0.15, 0.2) is 24.3 Å². The lowest BCUT2D eigenvalue weighted by Crippen LogP contribution is -2.34. The molecule has 3 rings (SSSR count). The molecule has 1 fully saturated rings. The molecule has 1 saturated heterocycles. The van der Waals surface area contributed by atoms with E-state index in [9.17, 15) is 14.4 Å². The molecule has 0 unspecified atom stereocenters. The topological polar surface area (TPSA) is 94.2 Å². The summed E-state index contributed by atoms with van der Waals surface area (Å²) in [4.78, 5) is 38.5. The van der Waals surface area contributed by atoms with Crippen molar-refractivity contribution in [2.24, 2.45) is 11.8 Å². The Morgan fingerprint density at radius 2 is 1.54 bits per heavy atom. The van der Waals surface area contributed by atoms with E-state index in [1.807, 2.05) is 12.2 Å². The van der Waals surface area contributed by atoms with Crippen LogP contribution in [0.3, 0.4) is 0 Å². The van der Waals surface area contributed by atoms with E-state index < -0.39 is 0 Å². The fraction of sp³-hybridized carbons (Fsp3) is 0.450. The molecule has 1 N–H and O–H groups in total. The Hall–Kier alpha value is -3.03. The van der Waals surface area contributed by atoms with E-state index in [2.05, 4.69) is 5.32 Å². The van der Waals surface area contributed by atoms with Gasteiger partial charge in [-0.3, -0.25) is 19.3 Å². The van der Waals surface area contributed by atoms with Crippen LogP contribution < -0.4 is 19.5 Å². The van der Waals surface area contributed by atoms with Gasteiger partial charge in [-0.15, -0.1) is 0 Å². The van der Waals surface area contributed by atoms with Gasteiger partial charge in [-0.05, 0) is 12.8 Å². The smallest absolute Gasteiger partial charge is 0.233 e. The number of ether oxygens (including phenoxy) is 3. The van der Waals surface area contributed by atoms with Gasteiger partial charge < -0.3 is 19.5 Å². The number of rotatable bonds is 7. The highest BCUT2D eigenvalue weighted by atomic mass is 16.5. The quantitative estimate of drug-likeness (QED) is 0.567. The summed E-state index contributed by atoms with van der Waals surface area (Å²) >= 11 is 0. The van der Waals surface area contributed by atoms with Crippen LogP contribution in [-0.4, -0.2) is 50.5 Å². The van der Waals surface area contributed by atoms with Crippen molar-refractivity contribution in [1.29, 1.82) is 0 Å². The molecule has 2 atom stereocenters. The number of imide groups is 1. The second kappa shape index (κ2) is 8.33. The molecule has 8 nitrogen and oxygen atoms in total. The number of fused-ring (bicyclic) bond motifs is 1. The first kappa shape index (κ1) is 19.7. The average Bonchev–Trinajstić information content (AvgIpc) is 2.96. The first-order chi connectivity index (χ1) is 13.5. The fourth-order valence-electron chi connectivity index (χ4n) is 3.68. The minimum atomic E-state index is -0.317. The summed E-state index contributed by atoms with van der Waals surface area (Å²) in [5.74, 6) is 0.0128. The monoisotopic (exact) mass is 388 g/mol. The minimum Gasteiger partial charge on any atom is -0.493 e. The standard InChI is InChI=1S/C20H24N2O6/c1-26-15-10-12(11-16(27-2)18(15)28-3)21-17(23)8-9-22-19(24)13-6-4-5-7-14(13)20(22)25/h4-5,10-11,13-14H,6-9H2,1-3H3,(H,21,23)/t13-,14+. The van der Waals surface area contributed by atoms with Gasteiger partial charge in [0.25, 0.3) is 0 Å². The van der Waals surface area contributed by atoms with E-state index in [-0.39, 0.29) is 42.5 Å². The third-order valence-electron chi connectivity index (χ3n) is 5.11. The maximum absolute atomic E-state index is 12.5. The predicted molar refractivity (Wildman–Crippen MR) is 101 cm³/mol. The van der Waals surface area contributed by atoms with Crippen LogP contribution >= 0.6 is 0 Å². The van der Waals surface area contributed by atoms with E-state index >= 15 is 0 Å². The molecule has 0 saturated carbocycles. The molecule has 0 radical (unpaired) electrons. The van der Waals surface area contributed by atoms with Gasteiger partial charge in [0, 0.05) is 30.8 Å². The number of allylic oxidation sites excluding steroid dienone is 2. The van der Waals surface area contributed by atoms with Gasteiger partial charge in [0.1, 0.15) is 0 Å². The molecule has 150 valence electrons. The number of anilines is 1. The van der Waals surface area contributed by atoms with Crippen LogP contribution in [0.5, 0.6) is 17.2 Å². The van der Waals surface area contributed by atoms with Crippen molar-refractivity contribution in [3.05, 3.63) is 24.3 Å². The molecule has 0 bridgehead atoms. The number of hydrogen-bond acceptors (Lipinski definition) is 6. The van der Waals surface area contributed by atoms with Crippen molar-refractivity contribution >= 4 is 23.4 Å². The summed E-state index contributed by atoms with van der Waals surface area (Å²) in [5.41, 5.74) is 0.469. The average molecular weight is 388 g/mol. The predicted octanol–water partition coefficient (Wildman–Crippen LogP) is 1.99. The van der Waals surface area contributed by atoms with Crippen molar-refractivity contribution < 1.29 is 28.6 Å². The van der Waals surface area contributed by atoms with Crippen LogP contribution in [0.4, 0.5) is 5.69 Å². The summed E-state index contributed by atoms with van der Waals surface area (Å²) in [5, 5.41) is 2.74. The zero-order valence-corrected chi connectivity index (χ0v) is 16.2. The molecule has 0 spiro atoms. The van der Waals surface area contributed by atoms with E-state index in [1.165, 1.54) is 26.2 Å². The molecule has 3 amide bonds. The van der Waals surface area contributed by atoms with Crippen LogP contribution in [0.1, 0.15) is 19.3 Å².